The molecule has 0 spiro atoms. The Hall–Kier alpha value is -0.770. The third-order valence-corrected chi connectivity index (χ3v) is 3.44. The lowest BCUT2D eigenvalue weighted by atomic mass is 10.1. The molecule has 1 heterocycles. The van der Waals surface area contributed by atoms with E-state index in [1.807, 2.05) is 18.2 Å². The highest BCUT2D eigenvalue weighted by atomic mass is 35.5. The molecule has 1 unspecified atom stereocenters. The number of halogens is 1. The number of likely N-dealkylation sites (N-methyl/N-ethyl adjacent to an activating group) is 1. The molecule has 3 nitrogen and oxygen atoms in total. The molecule has 2 rings (SSSR count). The predicted octanol–water partition coefficient (Wildman–Crippen LogP) is 1.42. The average Bonchev–Trinajstić information content (AvgIpc) is 2.30. The van der Waals surface area contributed by atoms with Gasteiger partial charge in [0.1, 0.15) is 0 Å². The van der Waals surface area contributed by atoms with Crippen LogP contribution in [0.2, 0.25) is 5.02 Å². The molecule has 0 aliphatic carbocycles. The highest BCUT2D eigenvalue weighted by molar-refractivity contribution is 6.33. The highest BCUT2D eigenvalue weighted by Crippen LogP contribution is 2.27. The average molecular weight is 240 g/mol. The summed E-state index contributed by atoms with van der Waals surface area (Å²) in [5.41, 5.74) is 6.94. The molecular weight excluding hydrogens is 222 g/mol. The van der Waals surface area contributed by atoms with Crippen molar-refractivity contribution in [3.63, 3.8) is 0 Å². The van der Waals surface area contributed by atoms with E-state index in [1.54, 1.807) is 0 Å². The number of nitrogens with zero attached hydrogens (tertiary/aromatic N) is 2. The molecule has 1 atom stereocenters. The van der Waals surface area contributed by atoms with E-state index in [0.29, 0.717) is 12.6 Å². The summed E-state index contributed by atoms with van der Waals surface area (Å²) in [7, 11) is 2.13. The van der Waals surface area contributed by atoms with E-state index >= 15 is 0 Å². The number of piperazine rings is 1. The van der Waals surface area contributed by atoms with Crippen molar-refractivity contribution in [1.82, 2.24) is 4.90 Å². The fourth-order valence-electron chi connectivity index (χ4n) is 2.21. The number of benzene rings is 1. The summed E-state index contributed by atoms with van der Waals surface area (Å²) >= 11 is 6.22. The molecule has 4 heteroatoms. The van der Waals surface area contributed by atoms with Crippen LogP contribution in [-0.4, -0.2) is 44.2 Å². The monoisotopic (exact) mass is 239 g/mol. The quantitative estimate of drug-likeness (QED) is 0.847. The van der Waals surface area contributed by atoms with E-state index in [1.165, 1.54) is 0 Å². The molecule has 2 N–H and O–H groups in total. The maximum absolute atomic E-state index is 6.22. The van der Waals surface area contributed by atoms with E-state index in [0.717, 1.165) is 30.3 Å². The standard InChI is InChI=1S/C12H18ClN3/c1-15-6-7-16(10(8-14)9-15)12-5-3-2-4-11(12)13/h2-5,10H,6-9,14H2,1H3. The van der Waals surface area contributed by atoms with Gasteiger partial charge in [0.2, 0.25) is 0 Å². The number of rotatable bonds is 2. The van der Waals surface area contributed by atoms with E-state index in [4.69, 9.17) is 17.3 Å². The van der Waals surface area contributed by atoms with Gasteiger partial charge in [-0.2, -0.15) is 0 Å². The summed E-state index contributed by atoms with van der Waals surface area (Å²) in [6, 6.07) is 8.34. The van der Waals surface area contributed by atoms with Gasteiger partial charge in [0, 0.05) is 26.2 Å². The summed E-state index contributed by atoms with van der Waals surface area (Å²) in [5, 5.41) is 0.811. The molecule has 1 saturated heterocycles. The van der Waals surface area contributed by atoms with Gasteiger partial charge in [-0.3, -0.25) is 0 Å². The second-order valence-electron chi connectivity index (χ2n) is 4.30. The molecule has 0 saturated carbocycles. The van der Waals surface area contributed by atoms with Crippen LogP contribution >= 0.6 is 11.6 Å². The van der Waals surface area contributed by atoms with Crippen LogP contribution in [0.15, 0.2) is 24.3 Å². The smallest absolute Gasteiger partial charge is 0.0639 e. The molecule has 0 radical (unpaired) electrons. The first kappa shape index (κ1) is 11.7. The number of hydrogen-bond donors (Lipinski definition) is 1. The number of nitrogens with two attached hydrogens (primary N) is 1. The Morgan fingerprint density at radius 3 is 2.81 bits per heavy atom. The van der Waals surface area contributed by atoms with Crippen LogP contribution in [0.25, 0.3) is 0 Å². The van der Waals surface area contributed by atoms with Gasteiger partial charge < -0.3 is 15.5 Å². The Balaban J connectivity index is 2.22. The summed E-state index contributed by atoms with van der Waals surface area (Å²) in [6.45, 7) is 3.71. The number of hydrogen-bond acceptors (Lipinski definition) is 3. The zero-order valence-corrected chi connectivity index (χ0v) is 10.3. The van der Waals surface area contributed by atoms with Crippen molar-refractivity contribution in [1.29, 1.82) is 0 Å². The van der Waals surface area contributed by atoms with E-state index in [9.17, 15) is 0 Å². The summed E-state index contributed by atoms with van der Waals surface area (Å²) < 4.78 is 0. The van der Waals surface area contributed by atoms with Gasteiger partial charge in [-0.05, 0) is 19.2 Å². The van der Waals surface area contributed by atoms with Gasteiger partial charge in [0.05, 0.1) is 16.8 Å². The number of anilines is 1. The largest absolute Gasteiger partial charge is 0.363 e. The first-order valence-electron chi connectivity index (χ1n) is 5.62. The van der Waals surface area contributed by atoms with Crippen molar-refractivity contribution in [2.45, 2.75) is 6.04 Å². The first-order chi connectivity index (χ1) is 7.72. The second-order valence-corrected chi connectivity index (χ2v) is 4.70. The molecule has 1 fully saturated rings. The van der Waals surface area contributed by atoms with Crippen LogP contribution in [0.3, 0.4) is 0 Å². The molecule has 88 valence electrons. The fraction of sp³-hybridized carbons (Fsp3) is 0.500. The second kappa shape index (κ2) is 5.04. The minimum atomic E-state index is 0.360. The molecule has 1 aromatic rings. The molecule has 1 aliphatic heterocycles. The van der Waals surface area contributed by atoms with E-state index in [-0.39, 0.29) is 0 Å². The molecular formula is C12H18ClN3. The van der Waals surface area contributed by atoms with Gasteiger partial charge in [0.15, 0.2) is 0 Å². The maximum atomic E-state index is 6.22. The molecule has 16 heavy (non-hydrogen) atoms. The molecule has 1 aromatic carbocycles. The summed E-state index contributed by atoms with van der Waals surface area (Å²) in [6.07, 6.45) is 0. The zero-order valence-electron chi connectivity index (χ0n) is 9.56. The van der Waals surface area contributed by atoms with E-state index < -0.39 is 0 Å². The van der Waals surface area contributed by atoms with Gasteiger partial charge in [-0.25, -0.2) is 0 Å². The van der Waals surface area contributed by atoms with Gasteiger partial charge in [-0.15, -0.1) is 0 Å². The van der Waals surface area contributed by atoms with Crippen LogP contribution in [0.5, 0.6) is 0 Å². The van der Waals surface area contributed by atoms with Crippen LogP contribution in [0, 0.1) is 0 Å². The highest BCUT2D eigenvalue weighted by Gasteiger charge is 2.25. The Labute approximate surface area is 102 Å². The summed E-state index contributed by atoms with van der Waals surface area (Å²) in [5.74, 6) is 0. The van der Waals surface area contributed by atoms with Crippen LogP contribution < -0.4 is 10.6 Å². The lowest BCUT2D eigenvalue weighted by Gasteiger charge is -2.41. The fourth-order valence-corrected chi connectivity index (χ4v) is 2.46. The number of para-hydroxylation sites is 1. The Bertz CT molecular complexity index is 356. The van der Waals surface area contributed by atoms with Gasteiger partial charge in [0.25, 0.3) is 0 Å². The van der Waals surface area contributed by atoms with Crippen molar-refractivity contribution in [3.8, 4) is 0 Å². The molecule has 0 bridgehead atoms. The van der Waals surface area contributed by atoms with E-state index in [2.05, 4.69) is 22.9 Å². The van der Waals surface area contributed by atoms with Crippen LogP contribution in [0.1, 0.15) is 0 Å². The normalized spacial score (nSPS) is 22.4. The van der Waals surface area contributed by atoms with Crippen molar-refractivity contribution < 1.29 is 0 Å². The van der Waals surface area contributed by atoms with Crippen molar-refractivity contribution >= 4 is 17.3 Å². The summed E-state index contributed by atoms with van der Waals surface area (Å²) in [4.78, 5) is 4.63. The van der Waals surface area contributed by atoms with Crippen LogP contribution in [-0.2, 0) is 0 Å². The minimum Gasteiger partial charge on any atom is -0.363 e. The third-order valence-electron chi connectivity index (χ3n) is 3.12. The first-order valence-corrected chi connectivity index (χ1v) is 6.00. The lowest BCUT2D eigenvalue weighted by molar-refractivity contribution is 0.270. The molecule has 1 aliphatic rings. The van der Waals surface area contributed by atoms with Crippen molar-refractivity contribution in [3.05, 3.63) is 29.3 Å². The van der Waals surface area contributed by atoms with Gasteiger partial charge >= 0.3 is 0 Å². The Kier molecular flexibility index (Phi) is 3.69. The Morgan fingerprint density at radius 1 is 1.38 bits per heavy atom. The van der Waals surface area contributed by atoms with Gasteiger partial charge in [-0.1, -0.05) is 23.7 Å². The van der Waals surface area contributed by atoms with Crippen molar-refractivity contribution in [2.24, 2.45) is 5.73 Å². The predicted molar refractivity (Wildman–Crippen MR) is 69.1 cm³/mol. The molecule has 0 amide bonds. The Morgan fingerprint density at radius 2 is 2.12 bits per heavy atom. The topological polar surface area (TPSA) is 32.5 Å². The van der Waals surface area contributed by atoms with Crippen molar-refractivity contribution in [2.75, 3.05) is 38.1 Å². The minimum absolute atomic E-state index is 0.360. The van der Waals surface area contributed by atoms with Crippen LogP contribution in [0.4, 0.5) is 5.69 Å². The lowest BCUT2D eigenvalue weighted by Crippen LogP contribution is -2.55. The zero-order chi connectivity index (χ0) is 11.5. The maximum Gasteiger partial charge on any atom is 0.0639 e. The third kappa shape index (κ3) is 2.32. The molecule has 0 aromatic heterocycles. The SMILES string of the molecule is CN1CCN(c2ccccc2Cl)C(CN)C1.